The minimum absolute atomic E-state index is 0.0607. The van der Waals surface area contributed by atoms with Gasteiger partial charge in [0.15, 0.2) is 11.6 Å². The SMILES string of the molecule is C[C@H](CO)N[C@@H](C)[C@H](O)c1ccc(F)c(F)c1. The van der Waals surface area contributed by atoms with Crippen LogP contribution < -0.4 is 5.32 Å². The monoisotopic (exact) mass is 245 g/mol. The summed E-state index contributed by atoms with van der Waals surface area (Å²) in [5.41, 5.74) is 0.300. The third-order valence-corrected chi connectivity index (χ3v) is 2.58. The van der Waals surface area contributed by atoms with Crippen molar-refractivity contribution in [2.45, 2.75) is 32.0 Å². The lowest BCUT2D eigenvalue weighted by Crippen LogP contribution is -2.40. The van der Waals surface area contributed by atoms with E-state index >= 15 is 0 Å². The molecule has 0 saturated carbocycles. The van der Waals surface area contributed by atoms with Crippen molar-refractivity contribution in [1.82, 2.24) is 5.32 Å². The van der Waals surface area contributed by atoms with Crippen molar-refractivity contribution in [1.29, 1.82) is 0 Å². The first-order valence-corrected chi connectivity index (χ1v) is 5.45. The summed E-state index contributed by atoms with van der Waals surface area (Å²) in [4.78, 5) is 0. The predicted octanol–water partition coefficient (Wildman–Crippen LogP) is 1.36. The summed E-state index contributed by atoms with van der Waals surface area (Å²) in [5.74, 6) is -1.92. The fraction of sp³-hybridized carbons (Fsp3) is 0.500. The van der Waals surface area contributed by atoms with E-state index in [0.29, 0.717) is 5.56 Å². The van der Waals surface area contributed by atoms with Crippen molar-refractivity contribution in [3.63, 3.8) is 0 Å². The maximum atomic E-state index is 13.0. The second-order valence-electron chi connectivity index (χ2n) is 4.16. The maximum Gasteiger partial charge on any atom is 0.159 e. The van der Waals surface area contributed by atoms with Gasteiger partial charge in [-0.25, -0.2) is 8.78 Å². The van der Waals surface area contributed by atoms with Crippen molar-refractivity contribution >= 4 is 0 Å². The highest BCUT2D eigenvalue weighted by Gasteiger charge is 2.19. The number of halogens is 2. The van der Waals surface area contributed by atoms with E-state index in [9.17, 15) is 13.9 Å². The Labute approximate surface area is 99.1 Å². The Hall–Kier alpha value is -1.04. The van der Waals surface area contributed by atoms with Crippen molar-refractivity contribution in [3.05, 3.63) is 35.4 Å². The van der Waals surface area contributed by atoms with Crippen LogP contribution in [-0.4, -0.2) is 28.9 Å². The molecule has 0 bridgehead atoms. The molecule has 0 aliphatic heterocycles. The Kier molecular flexibility index (Phi) is 4.99. The molecule has 3 N–H and O–H groups in total. The van der Waals surface area contributed by atoms with E-state index < -0.39 is 17.7 Å². The van der Waals surface area contributed by atoms with Gasteiger partial charge in [-0.2, -0.15) is 0 Å². The van der Waals surface area contributed by atoms with Crippen LogP contribution in [0.25, 0.3) is 0 Å². The molecule has 96 valence electrons. The average molecular weight is 245 g/mol. The van der Waals surface area contributed by atoms with Crippen molar-refractivity contribution in [2.24, 2.45) is 0 Å². The van der Waals surface area contributed by atoms with Crippen LogP contribution in [0.3, 0.4) is 0 Å². The Morgan fingerprint density at radius 2 is 1.88 bits per heavy atom. The number of hydrogen-bond donors (Lipinski definition) is 3. The minimum Gasteiger partial charge on any atom is -0.395 e. The molecule has 17 heavy (non-hydrogen) atoms. The number of rotatable bonds is 5. The topological polar surface area (TPSA) is 52.5 Å². The number of hydrogen-bond acceptors (Lipinski definition) is 3. The number of aliphatic hydroxyl groups is 2. The summed E-state index contributed by atoms with van der Waals surface area (Å²) >= 11 is 0. The molecule has 1 rings (SSSR count). The number of aliphatic hydroxyl groups excluding tert-OH is 2. The van der Waals surface area contributed by atoms with Gasteiger partial charge in [-0.1, -0.05) is 6.07 Å². The molecular weight excluding hydrogens is 228 g/mol. The van der Waals surface area contributed by atoms with E-state index in [-0.39, 0.29) is 18.7 Å². The molecule has 0 saturated heterocycles. The van der Waals surface area contributed by atoms with Gasteiger partial charge in [0.25, 0.3) is 0 Å². The molecule has 5 heteroatoms. The van der Waals surface area contributed by atoms with Crippen molar-refractivity contribution in [2.75, 3.05) is 6.61 Å². The minimum atomic E-state index is -0.982. The van der Waals surface area contributed by atoms with Crippen LogP contribution in [0.2, 0.25) is 0 Å². The van der Waals surface area contributed by atoms with E-state index in [1.807, 2.05) is 0 Å². The van der Waals surface area contributed by atoms with Gasteiger partial charge in [-0.15, -0.1) is 0 Å². The van der Waals surface area contributed by atoms with E-state index in [1.54, 1.807) is 13.8 Å². The van der Waals surface area contributed by atoms with Crippen LogP contribution in [0.1, 0.15) is 25.5 Å². The first kappa shape index (κ1) is 14.0. The van der Waals surface area contributed by atoms with Gasteiger partial charge in [0.05, 0.1) is 12.7 Å². The Balaban J connectivity index is 2.74. The van der Waals surface area contributed by atoms with Crippen molar-refractivity contribution in [3.8, 4) is 0 Å². The average Bonchev–Trinajstić information content (AvgIpc) is 2.31. The van der Waals surface area contributed by atoms with E-state index in [4.69, 9.17) is 5.11 Å². The lowest BCUT2D eigenvalue weighted by molar-refractivity contribution is 0.121. The standard InChI is InChI=1S/C12H17F2NO2/c1-7(6-16)15-8(2)12(17)9-3-4-10(13)11(14)5-9/h3-5,7-8,12,15-17H,6H2,1-2H3/t7-,8+,12+/m1/s1. The second kappa shape index (κ2) is 6.05. The Bertz CT molecular complexity index is 374. The fourth-order valence-electron chi connectivity index (χ4n) is 1.58. The summed E-state index contributed by atoms with van der Waals surface area (Å²) in [6, 6.07) is 2.75. The molecule has 0 aliphatic rings. The number of benzene rings is 1. The molecule has 0 heterocycles. The zero-order chi connectivity index (χ0) is 13.0. The number of nitrogens with one attached hydrogen (secondary N) is 1. The van der Waals surface area contributed by atoms with Gasteiger partial charge < -0.3 is 15.5 Å². The smallest absolute Gasteiger partial charge is 0.159 e. The highest BCUT2D eigenvalue weighted by molar-refractivity contribution is 5.21. The molecule has 0 unspecified atom stereocenters. The molecule has 0 aromatic heterocycles. The molecule has 0 fully saturated rings. The van der Waals surface area contributed by atoms with Gasteiger partial charge in [-0.3, -0.25) is 0 Å². The van der Waals surface area contributed by atoms with Crippen LogP contribution in [0, 0.1) is 11.6 Å². The molecule has 0 amide bonds. The summed E-state index contributed by atoms with van der Waals surface area (Å²) in [7, 11) is 0. The second-order valence-corrected chi connectivity index (χ2v) is 4.16. The molecule has 0 spiro atoms. The van der Waals surface area contributed by atoms with Gasteiger partial charge >= 0.3 is 0 Å². The molecule has 0 radical (unpaired) electrons. The summed E-state index contributed by atoms with van der Waals surface area (Å²) < 4.78 is 25.7. The lowest BCUT2D eigenvalue weighted by atomic mass is 10.0. The molecular formula is C12H17F2NO2. The van der Waals surface area contributed by atoms with Gasteiger partial charge in [0, 0.05) is 12.1 Å². The predicted molar refractivity (Wildman–Crippen MR) is 60.5 cm³/mol. The Morgan fingerprint density at radius 3 is 2.41 bits per heavy atom. The maximum absolute atomic E-state index is 13.0. The lowest BCUT2D eigenvalue weighted by Gasteiger charge is -2.23. The van der Waals surface area contributed by atoms with E-state index in [0.717, 1.165) is 12.1 Å². The highest BCUT2D eigenvalue weighted by Crippen LogP contribution is 2.19. The van der Waals surface area contributed by atoms with Crippen LogP contribution in [0.15, 0.2) is 18.2 Å². The molecule has 0 aliphatic carbocycles. The van der Waals surface area contributed by atoms with Crippen molar-refractivity contribution < 1.29 is 19.0 Å². The van der Waals surface area contributed by atoms with E-state index in [2.05, 4.69) is 5.32 Å². The first-order chi connectivity index (χ1) is 7.95. The molecule has 3 nitrogen and oxygen atoms in total. The quantitative estimate of drug-likeness (QED) is 0.734. The van der Waals surface area contributed by atoms with Gasteiger partial charge in [-0.05, 0) is 31.5 Å². The summed E-state index contributed by atoms with van der Waals surface area (Å²) in [6.45, 7) is 3.40. The first-order valence-electron chi connectivity index (χ1n) is 5.45. The van der Waals surface area contributed by atoms with Crippen LogP contribution in [0.4, 0.5) is 8.78 Å². The third kappa shape index (κ3) is 3.73. The largest absolute Gasteiger partial charge is 0.395 e. The molecule has 1 aromatic rings. The Morgan fingerprint density at radius 1 is 1.24 bits per heavy atom. The third-order valence-electron chi connectivity index (χ3n) is 2.58. The molecule has 3 atom stereocenters. The normalized spacial score (nSPS) is 16.6. The zero-order valence-corrected chi connectivity index (χ0v) is 9.82. The fourth-order valence-corrected chi connectivity index (χ4v) is 1.58. The highest BCUT2D eigenvalue weighted by atomic mass is 19.2. The summed E-state index contributed by atoms with van der Waals surface area (Å²) in [6.07, 6.45) is -0.959. The zero-order valence-electron chi connectivity index (χ0n) is 9.82. The van der Waals surface area contributed by atoms with Gasteiger partial charge in [0.2, 0.25) is 0 Å². The van der Waals surface area contributed by atoms with Crippen LogP contribution in [-0.2, 0) is 0 Å². The summed E-state index contributed by atoms with van der Waals surface area (Å²) in [5, 5.41) is 21.7. The van der Waals surface area contributed by atoms with E-state index in [1.165, 1.54) is 6.07 Å². The van der Waals surface area contributed by atoms with Crippen LogP contribution >= 0.6 is 0 Å². The molecule has 1 aromatic carbocycles. The van der Waals surface area contributed by atoms with Crippen LogP contribution in [0.5, 0.6) is 0 Å². The van der Waals surface area contributed by atoms with Gasteiger partial charge in [0.1, 0.15) is 0 Å².